The number of urea groups is 1. The smallest absolute Gasteiger partial charge is 0.319 e. The van der Waals surface area contributed by atoms with Crippen LogP contribution < -0.4 is 10.6 Å². The molecule has 2 rings (SSSR count). The highest BCUT2D eigenvalue weighted by atomic mass is 35.5. The highest BCUT2D eigenvalue weighted by Crippen LogP contribution is 2.15. The van der Waals surface area contributed by atoms with E-state index < -0.39 is 4.92 Å². The van der Waals surface area contributed by atoms with Crippen LogP contribution in [0.25, 0.3) is 0 Å². The van der Waals surface area contributed by atoms with E-state index in [1.165, 1.54) is 24.3 Å². The number of carbonyl (C=O) groups excluding carboxylic acids is 1. The third-order valence-electron chi connectivity index (χ3n) is 2.70. The van der Waals surface area contributed by atoms with Gasteiger partial charge in [-0.1, -0.05) is 23.7 Å². The van der Waals surface area contributed by atoms with Crippen molar-refractivity contribution in [2.75, 3.05) is 5.32 Å². The van der Waals surface area contributed by atoms with Crippen LogP contribution in [0, 0.1) is 10.1 Å². The Bertz CT molecular complexity index is 642. The van der Waals surface area contributed by atoms with Crippen LogP contribution in [0.2, 0.25) is 5.02 Å². The summed E-state index contributed by atoms with van der Waals surface area (Å²) in [5, 5.41) is 16.4. The molecular weight excluding hydrogens is 294 g/mol. The summed E-state index contributed by atoms with van der Waals surface area (Å²) in [4.78, 5) is 21.7. The second-order valence-corrected chi connectivity index (χ2v) is 4.67. The Kier molecular flexibility index (Phi) is 4.73. The van der Waals surface area contributed by atoms with E-state index in [0.29, 0.717) is 17.3 Å². The number of non-ortho nitro benzene ring substituents is 1. The van der Waals surface area contributed by atoms with Crippen molar-refractivity contribution in [3.05, 3.63) is 69.2 Å². The largest absolute Gasteiger partial charge is 0.334 e. The first-order valence-corrected chi connectivity index (χ1v) is 6.46. The minimum absolute atomic E-state index is 0.0258. The number of benzene rings is 2. The molecule has 7 heteroatoms. The fraction of sp³-hybridized carbons (Fsp3) is 0.0714. The van der Waals surface area contributed by atoms with Crippen LogP contribution >= 0.6 is 11.6 Å². The molecule has 21 heavy (non-hydrogen) atoms. The lowest BCUT2D eigenvalue weighted by molar-refractivity contribution is -0.384. The molecule has 0 fully saturated rings. The van der Waals surface area contributed by atoms with Gasteiger partial charge in [-0.05, 0) is 29.8 Å². The minimum Gasteiger partial charge on any atom is -0.334 e. The van der Waals surface area contributed by atoms with E-state index in [1.54, 1.807) is 12.1 Å². The third kappa shape index (κ3) is 4.47. The molecule has 0 atom stereocenters. The number of hydrogen-bond donors (Lipinski definition) is 2. The van der Waals surface area contributed by atoms with E-state index in [0.717, 1.165) is 5.56 Å². The van der Waals surface area contributed by atoms with Crippen LogP contribution in [0.1, 0.15) is 5.56 Å². The van der Waals surface area contributed by atoms with Gasteiger partial charge in [0.15, 0.2) is 0 Å². The van der Waals surface area contributed by atoms with Gasteiger partial charge in [0.2, 0.25) is 0 Å². The number of hydrogen-bond acceptors (Lipinski definition) is 3. The molecule has 0 unspecified atom stereocenters. The summed E-state index contributed by atoms with van der Waals surface area (Å²) in [5.41, 5.74) is 1.37. The summed E-state index contributed by atoms with van der Waals surface area (Å²) in [6.07, 6.45) is 0. The maximum atomic E-state index is 11.7. The van der Waals surface area contributed by atoms with E-state index in [9.17, 15) is 14.9 Å². The van der Waals surface area contributed by atoms with Crippen molar-refractivity contribution in [3.8, 4) is 0 Å². The molecule has 0 aliphatic carbocycles. The van der Waals surface area contributed by atoms with Crippen molar-refractivity contribution in [1.29, 1.82) is 0 Å². The van der Waals surface area contributed by atoms with E-state index in [-0.39, 0.29) is 11.7 Å². The fourth-order valence-electron chi connectivity index (χ4n) is 1.63. The van der Waals surface area contributed by atoms with Crippen molar-refractivity contribution in [1.82, 2.24) is 5.32 Å². The molecule has 0 aromatic heterocycles. The summed E-state index contributed by atoms with van der Waals surface area (Å²) < 4.78 is 0. The Labute approximate surface area is 125 Å². The lowest BCUT2D eigenvalue weighted by Gasteiger charge is -2.07. The molecule has 2 aromatic rings. The van der Waals surface area contributed by atoms with Crippen LogP contribution in [-0.4, -0.2) is 11.0 Å². The third-order valence-corrected chi connectivity index (χ3v) is 2.95. The summed E-state index contributed by atoms with van der Waals surface area (Å²) in [5.74, 6) is 0. The molecule has 2 aromatic carbocycles. The van der Waals surface area contributed by atoms with E-state index in [1.807, 2.05) is 12.1 Å². The highest BCUT2D eigenvalue weighted by Gasteiger charge is 2.06. The molecule has 0 aliphatic rings. The molecule has 2 N–H and O–H groups in total. The minimum atomic E-state index is -0.496. The highest BCUT2D eigenvalue weighted by molar-refractivity contribution is 6.30. The zero-order valence-corrected chi connectivity index (χ0v) is 11.6. The zero-order valence-electron chi connectivity index (χ0n) is 10.9. The predicted octanol–water partition coefficient (Wildman–Crippen LogP) is 3.57. The number of nitrogens with zero attached hydrogens (tertiary/aromatic N) is 1. The van der Waals surface area contributed by atoms with Gasteiger partial charge in [-0.25, -0.2) is 4.79 Å². The van der Waals surface area contributed by atoms with Crippen LogP contribution in [0.3, 0.4) is 0 Å². The quantitative estimate of drug-likeness (QED) is 0.669. The van der Waals surface area contributed by atoms with Gasteiger partial charge in [0.1, 0.15) is 0 Å². The van der Waals surface area contributed by atoms with Crippen molar-refractivity contribution < 1.29 is 9.72 Å². The van der Waals surface area contributed by atoms with Crippen LogP contribution in [0.5, 0.6) is 0 Å². The monoisotopic (exact) mass is 305 g/mol. The summed E-state index contributed by atoms with van der Waals surface area (Å²) >= 11 is 5.77. The van der Waals surface area contributed by atoms with Crippen molar-refractivity contribution in [2.24, 2.45) is 0 Å². The first kappa shape index (κ1) is 14.8. The van der Waals surface area contributed by atoms with Crippen molar-refractivity contribution in [2.45, 2.75) is 6.54 Å². The Morgan fingerprint density at radius 1 is 1.10 bits per heavy atom. The van der Waals surface area contributed by atoms with Gasteiger partial charge in [0, 0.05) is 29.4 Å². The van der Waals surface area contributed by atoms with Gasteiger partial charge >= 0.3 is 6.03 Å². The lowest BCUT2D eigenvalue weighted by Crippen LogP contribution is -2.28. The first-order chi connectivity index (χ1) is 10.0. The SMILES string of the molecule is O=C(NCc1ccc(Cl)cc1)Nc1ccc([N+](=O)[O-])cc1. The molecule has 6 nitrogen and oxygen atoms in total. The Balaban J connectivity index is 1.86. The lowest BCUT2D eigenvalue weighted by atomic mass is 10.2. The predicted molar refractivity (Wildman–Crippen MR) is 80.4 cm³/mol. The topological polar surface area (TPSA) is 84.3 Å². The van der Waals surface area contributed by atoms with Gasteiger partial charge < -0.3 is 10.6 Å². The van der Waals surface area contributed by atoms with Crippen molar-refractivity contribution >= 4 is 29.0 Å². The number of nitro benzene ring substituents is 1. The molecular formula is C14H12ClN3O3. The van der Waals surface area contributed by atoms with Gasteiger partial charge in [-0.15, -0.1) is 0 Å². The standard InChI is InChI=1S/C14H12ClN3O3/c15-11-3-1-10(2-4-11)9-16-14(19)17-12-5-7-13(8-6-12)18(20)21/h1-8H,9H2,(H2,16,17,19). The molecule has 0 bridgehead atoms. The summed E-state index contributed by atoms with van der Waals surface area (Å²) in [7, 11) is 0. The Hall–Kier alpha value is -2.60. The molecule has 2 amide bonds. The van der Waals surface area contributed by atoms with Crippen molar-refractivity contribution in [3.63, 3.8) is 0 Å². The van der Waals surface area contributed by atoms with E-state index in [4.69, 9.17) is 11.6 Å². The molecule has 0 saturated carbocycles. The van der Waals surface area contributed by atoms with Crippen LogP contribution in [-0.2, 0) is 6.54 Å². The number of amides is 2. The van der Waals surface area contributed by atoms with Gasteiger partial charge in [-0.3, -0.25) is 10.1 Å². The van der Waals surface area contributed by atoms with Crippen LogP contribution in [0.4, 0.5) is 16.2 Å². The number of rotatable bonds is 4. The number of nitro groups is 1. The maximum Gasteiger partial charge on any atom is 0.319 e. The average Bonchev–Trinajstić information content (AvgIpc) is 2.47. The number of nitrogens with one attached hydrogen (secondary N) is 2. The molecule has 0 heterocycles. The second kappa shape index (κ2) is 6.71. The Morgan fingerprint density at radius 3 is 2.29 bits per heavy atom. The fourth-order valence-corrected chi connectivity index (χ4v) is 1.75. The Morgan fingerprint density at radius 2 is 1.71 bits per heavy atom. The normalized spacial score (nSPS) is 9.95. The van der Waals surface area contributed by atoms with Crippen LogP contribution in [0.15, 0.2) is 48.5 Å². The first-order valence-electron chi connectivity index (χ1n) is 6.08. The maximum absolute atomic E-state index is 11.7. The zero-order chi connectivity index (χ0) is 15.2. The number of anilines is 1. The van der Waals surface area contributed by atoms with E-state index >= 15 is 0 Å². The number of carbonyl (C=O) groups is 1. The average molecular weight is 306 g/mol. The molecule has 108 valence electrons. The van der Waals surface area contributed by atoms with Gasteiger partial charge in [0.05, 0.1) is 4.92 Å². The molecule has 0 saturated heterocycles. The summed E-state index contributed by atoms with van der Waals surface area (Å²) in [6.45, 7) is 0.357. The van der Waals surface area contributed by atoms with Gasteiger partial charge in [0.25, 0.3) is 5.69 Å². The van der Waals surface area contributed by atoms with Gasteiger partial charge in [-0.2, -0.15) is 0 Å². The molecule has 0 spiro atoms. The number of halogens is 1. The molecule has 0 aliphatic heterocycles. The van der Waals surface area contributed by atoms with E-state index in [2.05, 4.69) is 10.6 Å². The summed E-state index contributed by atoms with van der Waals surface area (Å²) in [6, 6.07) is 12.3. The second-order valence-electron chi connectivity index (χ2n) is 4.24. The molecule has 0 radical (unpaired) electrons.